The highest BCUT2D eigenvalue weighted by Crippen LogP contribution is 2.28. The molecular weight excluding hydrogens is 404 g/mol. The first-order valence-corrected chi connectivity index (χ1v) is 11.4. The van der Waals surface area contributed by atoms with Crippen LogP contribution in [0.3, 0.4) is 0 Å². The van der Waals surface area contributed by atoms with Gasteiger partial charge >= 0.3 is 0 Å². The van der Waals surface area contributed by atoms with Gasteiger partial charge in [0.1, 0.15) is 17.4 Å². The number of rotatable bonds is 7. The number of amides is 1. The van der Waals surface area contributed by atoms with E-state index in [0.29, 0.717) is 32.1 Å². The van der Waals surface area contributed by atoms with Crippen LogP contribution >= 0.6 is 0 Å². The average molecular weight is 439 g/mol. The molecule has 1 fully saturated rings. The van der Waals surface area contributed by atoms with Crippen molar-refractivity contribution in [2.75, 3.05) is 52.7 Å². The van der Waals surface area contributed by atoms with E-state index in [2.05, 4.69) is 15.5 Å². The molecule has 0 unspecified atom stereocenters. The highest BCUT2D eigenvalue weighted by Gasteiger charge is 2.27. The summed E-state index contributed by atoms with van der Waals surface area (Å²) in [5.41, 5.74) is 3.29. The maximum atomic E-state index is 13.0. The maximum Gasteiger partial charge on any atom is 0.237 e. The van der Waals surface area contributed by atoms with Gasteiger partial charge in [-0.05, 0) is 50.6 Å². The number of fused-ring (bicyclic) bond motifs is 1. The van der Waals surface area contributed by atoms with Crippen LogP contribution in [0.2, 0.25) is 0 Å². The van der Waals surface area contributed by atoms with Gasteiger partial charge in [-0.15, -0.1) is 0 Å². The molecule has 1 amide bonds. The Morgan fingerprint density at radius 3 is 2.81 bits per heavy atom. The number of anilines is 1. The molecule has 0 aliphatic carbocycles. The van der Waals surface area contributed by atoms with Crippen LogP contribution in [0.25, 0.3) is 0 Å². The third-order valence-electron chi connectivity index (χ3n) is 6.35. The monoisotopic (exact) mass is 438 g/mol. The fourth-order valence-electron chi connectivity index (χ4n) is 4.55. The maximum absolute atomic E-state index is 13.0. The second-order valence-electron chi connectivity index (χ2n) is 8.73. The lowest BCUT2D eigenvalue weighted by Crippen LogP contribution is -2.42. The molecule has 2 aromatic rings. The van der Waals surface area contributed by atoms with Crippen LogP contribution in [0.4, 0.5) is 5.82 Å². The van der Waals surface area contributed by atoms with E-state index in [4.69, 9.17) is 14.7 Å². The van der Waals surface area contributed by atoms with Gasteiger partial charge in [-0.1, -0.05) is 12.1 Å². The van der Waals surface area contributed by atoms with Gasteiger partial charge in [0.2, 0.25) is 5.91 Å². The molecule has 1 saturated heterocycles. The molecule has 2 aliphatic rings. The van der Waals surface area contributed by atoms with Crippen molar-refractivity contribution in [1.29, 1.82) is 0 Å². The van der Waals surface area contributed by atoms with Crippen molar-refractivity contribution < 1.29 is 9.53 Å². The molecule has 0 spiro atoms. The molecule has 8 heteroatoms. The highest BCUT2D eigenvalue weighted by molar-refractivity contribution is 5.78. The van der Waals surface area contributed by atoms with E-state index >= 15 is 0 Å². The zero-order chi connectivity index (χ0) is 22.5. The number of carbonyl (C=O) groups excluding carboxylic acids is 1. The van der Waals surface area contributed by atoms with Crippen LogP contribution in [0, 0.1) is 0 Å². The van der Waals surface area contributed by atoms with Crippen LogP contribution in [0.5, 0.6) is 5.75 Å². The number of nitrogens with one attached hydrogen (secondary N) is 2. The van der Waals surface area contributed by atoms with E-state index < -0.39 is 0 Å². The topological polar surface area (TPSA) is 82.6 Å². The number of methoxy groups -OCH3 is 1. The van der Waals surface area contributed by atoms with Gasteiger partial charge in [-0.3, -0.25) is 9.69 Å². The van der Waals surface area contributed by atoms with Crippen molar-refractivity contribution in [3.8, 4) is 5.75 Å². The largest absolute Gasteiger partial charge is 0.497 e. The number of benzene rings is 1. The third kappa shape index (κ3) is 5.19. The van der Waals surface area contributed by atoms with Gasteiger partial charge < -0.3 is 20.3 Å². The number of carbonyl (C=O) groups is 1. The number of likely N-dealkylation sites (N-methyl/N-ethyl adjacent to an activating group) is 1. The zero-order valence-electron chi connectivity index (χ0n) is 19.4. The van der Waals surface area contributed by atoms with Gasteiger partial charge in [-0.25, -0.2) is 9.97 Å². The van der Waals surface area contributed by atoms with E-state index in [1.54, 1.807) is 7.11 Å². The van der Waals surface area contributed by atoms with Crippen molar-refractivity contribution >= 4 is 11.7 Å². The SMILES string of the molecule is CNc1nc([C@H]2CCCNC2)nc2c1CCN(C(=O)CN(C)Cc1ccc(OC)cc1)C2. The summed E-state index contributed by atoms with van der Waals surface area (Å²) in [6.07, 6.45) is 3.03. The number of aromatic nitrogens is 2. The van der Waals surface area contributed by atoms with E-state index in [9.17, 15) is 4.79 Å². The Balaban J connectivity index is 1.41. The first kappa shape index (κ1) is 22.5. The summed E-state index contributed by atoms with van der Waals surface area (Å²) >= 11 is 0. The molecule has 1 atom stereocenters. The second-order valence-corrected chi connectivity index (χ2v) is 8.73. The number of piperidine rings is 1. The second kappa shape index (κ2) is 10.3. The van der Waals surface area contributed by atoms with Crippen LogP contribution in [0.15, 0.2) is 24.3 Å². The Bertz CT molecular complexity index is 927. The number of nitrogens with zero attached hydrogens (tertiary/aromatic N) is 4. The average Bonchev–Trinajstić information content (AvgIpc) is 2.83. The summed E-state index contributed by atoms with van der Waals surface area (Å²) < 4.78 is 5.22. The minimum Gasteiger partial charge on any atom is -0.497 e. The summed E-state index contributed by atoms with van der Waals surface area (Å²) in [5.74, 6) is 3.12. The lowest BCUT2D eigenvalue weighted by Gasteiger charge is -2.31. The minimum absolute atomic E-state index is 0.136. The quantitative estimate of drug-likeness (QED) is 0.684. The molecule has 0 radical (unpaired) electrons. The molecule has 32 heavy (non-hydrogen) atoms. The van der Waals surface area contributed by atoms with Crippen molar-refractivity contribution in [1.82, 2.24) is 25.1 Å². The first-order chi connectivity index (χ1) is 15.6. The number of ether oxygens (including phenoxy) is 1. The Hall–Kier alpha value is -2.71. The Morgan fingerprint density at radius 1 is 1.31 bits per heavy atom. The lowest BCUT2D eigenvalue weighted by molar-refractivity contribution is -0.133. The summed E-state index contributed by atoms with van der Waals surface area (Å²) in [7, 11) is 5.56. The van der Waals surface area contributed by atoms with E-state index in [-0.39, 0.29) is 5.91 Å². The summed E-state index contributed by atoms with van der Waals surface area (Å²) in [5, 5.41) is 6.70. The van der Waals surface area contributed by atoms with E-state index in [0.717, 1.165) is 66.6 Å². The van der Waals surface area contributed by atoms with Crippen LogP contribution < -0.4 is 15.4 Å². The van der Waals surface area contributed by atoms with E-state index in [1.165, 1.54) is 0 Å². The Labute approximate surface area is 190 Å². The molecular formula is C24H34N6O2. The standard InChI is InChI=1S/C24H34N6O2/c1-25-24-20-10-12-30(15-21(20)27-23(28-24)18-5-4-11-26-13-18)22(31)16-29(2)14-17-6-8-19(32-3)9-7-17/h6-9,18,26H,4-5,10-16H2,1-3H3,(H,25,27,28)/t18-/m0/s1. The fourth-order valence-corrected chi connectivity index (χ4v) is 4.55. The number of hydrogen-bond donors (Lipinski definition) is 2. The lowest BCUT2D eigenvalue weighted by atomic mass is 9.97. The number of hydrogen-bond acceptors (Lipinski definition) is 7. The van der Waals surface area contributed by atoms with Crippen LogP contribution in [-0.2, 0) is 24.3 Å². The molecule has 1 aromatic heterocycles. The van der Waals surface area contributed by atoms with Gasteiger partial charge in [-0.2, -0.15) is 0 Å². The minimum atomic E-state index is 0.136. The molecule has 0 saturated carbocycles. The van der Waals surface area contributed by atoms with Crippen molar-refractivity contribution in [3.63, 3.8) is 0 Å². The Morgan fingerprint density at radius 2 is 2.12 bits per heavy atom. The van der Waals surface area contributed by atoms with Gasteiger partial charge in [0.05, 0.1) is 25.9 Å². The highest BCUT2D eigenvalue weighted by atomic mass is 16.5. The van der Waals surface area contributed by atoms with Crippen LogP contribution in [-0.4, -0.2) is 73.1 Å². The zero-order valence-corrected chi connectivity index (χ0v) is 19.4. The summed E-state index contributed by atoms with van der Waals surface area (Å²) in [6.45, 7) is 4.32. The third-order valence-corrected chi connectivity index (χ3v) is 6.35. The Kier molecular flexibility index (Phi) is 7.22. The van der Waals surface area contributed by atoms with Gasteiger partial charge in [0.15, 0.2) is 0 Å². The molecule has 3 heterocycles. The predicted octanol–water partition coefficient (Wildman–Crippen LogP) is 2.01. The van der Waals surface area contributed by atoms with Crippen molar-refractivity contribution in [2.45, 2.75) is 38.3 Å². The summed E-state index contributed by atoms with van der Waals surface area (Å²) in [4.78, 5) is 26.8. The van der Waals surface area contributed by atoms with Crippen LogP contribution in [0.1, 0.15) is 41.4 Å². The van der Waals surface area contributed by atoms with Gasteiger partial charge in [0, 0.05) is 38.2 Å². The molecule has 172 valence electrons. The van der Waals surface area contributed by atoms with Crippen molar-refractivity contribution in [3.05, 3.63) is 46.9 Å². The van der Waals surface area contributed by atoms with Gasteiger partial charge in [0.25, 0.3) is 0 Å². The van der Waals surface area contributed by atoms with E-state index in [1.807, 2.05) is 43.3 Å². The molecule has 4 rings (SSSR count). The molecule has 2 aliphatic heterocycles. The molecule has 8 nitrogen and oxygen atoms in total. The predicted molar refractivity (Wildman–Crippen MR) is 125 cm³/mol. The fraction of sp³-hybridized carbons (Fsp3) is 0.542. The van der Waals surface area contributed by atoms with Crippen molar-refractivity contribution in [2.24, 2.45) is 0 Å². The molecule has 2 N–H and O–H groups in total. The normalized spacial score (nSPS) is 18.4. The molecule has 1 aromatic carbocycles. The molecule has 0 bridgehead atoms. The smallest absolute Gasteiger partial charge is 0.237 e. The summed E-state index contributed by atoms with van der Waals surface area (Å²) in [6, 6.07) is 7.97. The first-order valence-electron chi connectivity index (χ1n) is 11.4.